The summed E-state index contributed by atoms with van der Waals surface area (Å²) < 4.78 is 2.15. The lowest BCUT2D eigenvalue weighted by Gasteiger charge is -2.22. The van der Waals surface area contributed by atoms with E-state index in [1.807, 2.05) is 24.3 Å². The smallest absolute Gasteiger partial charge is 0.0991 e. The van der Waals surface area contributed by atoms with E-state index in [1.54, 1.807) is 0 Å². The molecule has 0 saturated carbocycles. The van der Waals surface area contributed by atoms with Gasteiger partial charge in [0.05, 0.1) is 11.6 Å². The van der Waals surface area contributed by atoms with Crippen LogP contribution in [0.1, 0.15) is 24.0 Å². The maximum atomic E-state index is 9.07. The van der Waals surface area contributed by atoms with Crippen LogP contribution >= 0.6 is 0 Å². The third-order valence-electron chi connectivity index (χ3n) is 3.67. The molecule has 0 bridgehead atoms. The Kier molecular flexibility index (Phi) is 3.24. The van der Waals surface area contributed by atoms with E-state index in [0.29, 0.717) is 0 Å². The van der Waals surface area contributed by atoms with Crippen molar-refractivity contribution in [2.24, 2.45) is 0 Å². The lowest BCUT2D eigenvalue weighted by molar-refractivity contribution is 0.797. The first-order valence-electron chi connectivity index (χ1n) is 6.75. The van der Waals surface area contributed by atoms with Gasteiger partial charge in [-0.15, -0.1) is 0 Å². The van der Waals surface area contributed by atoms with Crippen LogP contribution in [0.2, 0.25) is 0 Å². The van der Waals surface area contributed by atoms with Gasteiger partial charge in [0, 0.05) is 37.7 Å². The Labute approximate surface area is 113 Å². The highest BCUT2D eigenvalue weighted by Crippen LogP contribution is 2.26. The fourth-order valence-corrected chi connectivity index (χ4v) is 2.72. The molecule has 0 N–H and O–H groups in total. The van der Waals surface area contributed by atoms with Gasteiger partial charge in [0.25, 0.3) is 0 Å². The quantitative estimate of drug-likeness (QED) is 0.840. The van der Waals surface area contributed by atoms with Gasteiger partial charge in [-0.3, -0.25) is 0 Å². The summed E-state index contributed by atoms with van der Waals surface area (Å²) in [5, 5.41) is 9.07. The number of nitriles is 1. The molecule has 1 aromatic carbocycles. The Balaban J connectivity index is 1.96. The molecule has 19 heavy (non-hydrogen) atoms. The molecule has 0 spiro atoms. The Bertz CT molecular complexity index is 587. The average Bonchev–Trinajstić information content (AvgIpc) is 3.11. The van der Waals surface area contributed by atoms with Crippen molar-refractivity contribution in [3.8, 4) is 6.07 Å². The predicted molar refractivity (Wildman–Crippen MR) is 76.1 cm³/mol. The summed E-state index contributed by atoms with van der Waals surface area (Å²) in [6.45, 7) is 3.09. The molecule has 0 atom stereocenters. The largest absolute Gasteiger partial charge is 0.371 e. The van der Waals surface area contributed by atoms with Crippen LogP contribution in [0.15, 0.2) is 42.7 Å². The summed E-state index contributed by atoms with van der Waals surface area (Å²) in [5.74, 6) is 0. The zero-order chi connectivity index (χ0) is 13.1. The Morgan fingerprint density at radius 3 is 2.53 bits per heavy atom. The second-order valence-corrected chi connectivity index (χ2v) is 5.00. The van der Waals surface area contributed by atoms with Gasteiger partial charge in [0.2, 0.25) is 0 Å². The van der Waals surface area contributed by atoms with Gasteiger partial charge in [-0.1, -0.05) is 0 Å². The van der Waals surface area contributed by atoms with Crippen molar-refractivity contribution in [1.29, 1.82) is 5.26 Å². The Hall–Kier alpha value is -2.21. The van der Waals surface area contributed by atoms with Crippen LogP contribution in [0, 0.1) is 11.3 Å². The van der Waals surface area contributed by atoms with E-state index in [4.69, 9.17) is 5.26 Å². The monoisotopic (exact) mass is 251 g/mol. The number of hydrogen-bond donors (Lipinski definition) is 0. The number of hydrogen-bond acceptors (Lipinski definition) is 2. The lowest BCUT2D eigenvalue weighted by atomic mass is 10.1. The minimum Gasteiger partial charge on any atom is -0.371 e. The molecule has 96 valence electrons. The van der Waals surface area contributed by atoms with Gasteiger partial charge in [-0.05, 0) is 48.7 Å². The number of benzene rings is 1. The zero-order valence-corrected chi connectivity index (χ0v) is 10.9. The van der Waals surface area contributed by atoms with Crippen LogP contribution in [0.4, 0.5) is 5.69 Å². The summed E-state index contributed by atoms with van der Waals surface area (Å²) in [6, 6.07) is 12.3. The van der Waals surface area contributed by atoms with Gasteiger partial charge in [0.1, 0.15) is 0 Å². The van der Waals surface area contributed by atoms with Crippen molar-refractivity contribution < 1.29 is 0 Å². The first kappa shape index (κ1) is 11.9. The fourth-order valence-electron chi connectivity index (χ4n) is 2.72. The highest BCUT2D eigenvalue weighted by atomic mass is 15.1. The van der Waals surface area contributed by atoms with Crippen molar-refractivity contribution in [1.82, 2.24) is 4.57 Å². The molecule has 0 unspecified atom stereocenters. The van der Waals surface area contributed by atoms with Crippen LogP contribution in [0.3, 0.4) is 0 Å². The zero-order valence-electron chi connectivity index (χ0n) is 10.9. The van der Waals surface area contributed by atoms with Crippen LogP contribution in [0.5, 0.6) is 0 Å². The topological polar surface area (TPSA) is 32.0 Å². The molecule has 1 aliphatic heterocycles. The van der Waals surface area contributed by atoms with Crippen molar-refractivity contribution in [3.63, 3.8) is 0 Å². The minimum atomic E-state index is 0.741. The molecule has 2 heterocycles. The predicted octanol–water partition coefficient (Wildman–Crippen LogP) is 3.01. The maximum Gasteiger partial charge on any atom is 0.0991 e. The summed E-state index contributed by atoms with van der Waals surface area (Å²) >= 11 is 0. The fraction of sp³-hybridized carbons (Fsp3) is 0.312. The highest BCUT2D eigenvalue weighted by molar-refractivity contribution is 5.57. The number of nitrogens with zero attached hydrogens (tertiary/aromatic N) is 3. The van der Waals surface area contributed by atoms with Gasteiger partial charge >= 0.3 is 0 Å². The normalized spacial score (nSPS) is 14.6. The third-order valence-corrected chi connectivity index (χ3v) is 3.67. The first-order valence-corrected chi connectivity index (χ1v) is 6.75. The number of aromatic nitrogens is 1. The second-order valence-electron chi connectivity index (χ2n) is 5.00. The molecule has 1 aromatic heterocycles. The van der Waals surface area contributed by atoms with E-state index >= 15 is 0 Å². The third kappa shape index (κ3) is 2.48. The SMILES string of the molecule is N#Cc1ccc(N2CCCC2)c(Cn2cccc2)c1. The molecule has 1 aliphatic rings. The first-order chi connectivity index (χ1) is 9.36. The summed E-state index contributed by atoms with van der Waals surface area (Å²) in [4.78, 5) is 2.43. The van der Waals surface area contributed by atoms with Gasteiger partial charge in [0.15, 0.2) is 0 Å². The van der Waals surface area contributed by atoms with Crippen LogP contribution in [-0.4, -0.2) is 17.7 Å². The van der Waals surface area contributed by atoms with Crippen molar-refractivity contribution in [3.05, 3.63) is 53.9 Å². The van der Waals surface area contributed by atoms with Gasteiger partial charge in [-0.25, -0.2) is 0 Å². The Morgan fingerprint density at radius 2 is 1.84 bits per heavy atom. The summed E-state index contributed by atoms with van der Waals surface area (Å²) in [5.41, 5.74) is 3.26. The van der Waals surface area contributed by atoms with E-state index in [0.717, 1.165) is 25.2 Å². The molecule has 0 amide bonds. The standard InChI is InChI=1S/C16H17N3/c17-12-14-5-6-16(19-9-3-4-10-19)15(11-14)13-18-7-1-2-8-18/h1-2,5-8,11H,3-4,9-10,13H2. The van der Waals surface area contributed by atoms with Gasteiger partial charge < -0.3 is 9.47 Å². The van der Waals surface area contributed by atoms with Crippen LogP contribution in [-0.2, 0) is 6.54 Å². The van der Waals surface area contributed by atoms with Crippen LogP contribution in [0.25, 0.3) is 0 Å². The molecule has 3 nitrogen and oxygen atoms in total. The number of anilines is 1. The number of rotatable bonds is 3. The van der Waals surface area contributed by atoms with E-state index in [1.165, 1.54) is 24.1 Å². The molecule has 3 rings (SSSR count). The van der Waals surface area contributed by atoms with Gasteiger partial charge in [-0.2, -0.15) is 5.26 Å². The molecule has 2 aromatic rings. The highest BCUT2D eigenvalue weighted by Gasteiger charge is 2.16. The van der Waals surface area contributed by atoms with E-state index in [9.17, 15) is 0 Å². The second kappa shape index (κ2) is 5.19. The summed E-state index contributed by atoms with van der Waals surface area (Å²) in [7, 11) is 0. The van der Waals surface area contributed by atoms with Crippen molar-refractivity contribution in [2.75, 3.05) is 18.0 Å². The summed E-state index contributed by atoms with van der Waals surface area (Å²) in [6.07, 6.45) is 6.66. The molecular formula is C16H17N3. The molecule has 3 heteroatoms. The lowest BCUT2D eigenvalue weighted by Crippen LogP contribution is -2.20. The minimum absolute atomic E-state index is 0.741. The average molecular weight is 251 g/mol. The molecule has 1 fully saturated rings. The van der Waals surface area contributed by atoms with Crippen LogP contribution < -0.4 is 4.90 Å². The Morgan fingerprint density at radius 1 is 1.11 bits per heavy atom. The van der Waals surface area contributed by atoms with E-state index < -0.39 is 0 Å². The van der Waals surface area contributed by atoms with E-state index in [2.05, 4.69) is 34.0 Å². The molecule has 0 radical (unpaired) electrons. The van der Waals surface area contributed by atoms with E-state index in [-0.39, 0.29) is 0 Å². The van der Waals surface area contributed by atoms with Crippen molar-refractivity contribution >= 4 is 5.69 Å². The maximum absolute atomic E-state index is 9.07. The molecule has 1 saturated heterocycles. The molecular weight excluding hydrogens is 234 g/mol. The van der Waals surface area contributed by atoms with Crippen molar-refractivity contribution in [2.45, 2.75) is 19.4 Å². The molecule has 0 aliphatic carbocycles.